The average Bonchev–Trinajstić information content (AvgIpc) is 3.57. The number of carbonyl (C=O) groups is 1. The fraction of sp³-hybridized carbons (Fsp3) is 0.391. The molecule has 1 aliphatic heterocycles. The van der Waals surface area contributed by atoms with Crippen LogP contribution >= 0.6 is 0 Å². The molecule has 1 saturated carbocycles. The zero-order valence-corrected chi connectivity index (χ0v) is 18.5. The molecule has 5 heterocycles. The number of ether oxygens (including phenoxy) is 1. The number of carbonyl (C=O) groups excluding carboxylic acids is 1. The summed E-state index contributed by atoms with van der Waals surface area (Å²) in [6.45, 7) is 0.680. The Labute approximate surface area is 194 Å². The Morgan fingerprint density at radius 2 is 2.09 bits per heavy atom. The van der Waals surface area contributed by atoms with Gasteiger partial charge in [-0.3, -0.25) is 4.79 Å². The Balaban J connectivity index is 1.48. The maximum absolute atomic E-state index is 13.0. The van der Waals surface area contributed by atoms with Crippen molar-refractivity contribution in [1.29, 1.82) is 0 Å². The van der Waals surface area contributed by atoms with Crippen LogP contribution in [0.15, 0.2) is 36.8 Å². The monoisotopic (exact) mass is 463 g/mol. The van der Waals surface area contributed by atoms with Crippen molar-refractivity contribution in [2.45, 2.75) is 37.1 Å². The minimum Gasteiger partial charge on any atom is -0.391 e. The van der Waals surface area contributed by atoms with Crippen molar-refractivity contribution >= 4 is 28.4 Å². The van der Waals surface area contributed by atoms with Gasteiger partial charge in [-0.05, 0) is 25.0 Å². The van der Waals surface area contributed by atoms with Gasteiger partial charge < -0.3 is 30.2 Å². The predicted octanol–water partition coefficient (Wildman–Crippen LogP) is 0.973. The second kappa shape index (κ2) is 8.05. The third kappa shape index (κ3) is 3.23. The number of aromatic nitrogens is 5. The zero-order valence-electron chi connectivity index (χ0n) is 18.5. The lowest BCUT2D eigenvalue weighted by Crippen LogP contribution is -2.50. The van der Waals surface area contributed by atoms with Gasteiger partial charge in [0.05, 0.1) is 43.3 Å². The second-order valence-electron chi connectivity index (χ2n) is 8.79. The van der Waals surface area contributed by atoms with Gasteiger partial charge in [0.1, 0.15) is 23.1 Å². The highest BCUT2D eigenvalue weighted by Crippen LogP contribution is 2.34. The summed E-state index contributed by atoms with van der Waals surface area (Å²) in [7, 11) is 1.78. The van der Waals surface area contributed by atoms with Gasteiger partial charge in [0.2, 0.25) is 0 Å². The van der Waals surface area contributed by atoms with Crippen molar-refractivity contribution in [1.82, 2.24) is 29.5 Å². The fourth-order valence-corrected chi connectivity index (χ4v) is 4.67. The van der Waals surface area contributed by atoms with Crippen LogP contribution in [0.2, 0.25) is 0 Å². The van der Waals surface area contributed by atoms with E-state index in [2.05, 4.69) is 20.7 Å². The van der Waals surface area contributed by atoms with Gasteiger partial charge in [0.25, 0.3) is 5.91 Å². The Kier molecular flexibility index (Phi) is 4.97. The lowest BCUT2D eigenvalue weighted by Gasteiger charge is -2.32. The van der Waals surface area contributed by atoms with Crippen molar-refractivity contribution in [2.24, 2.45) is 0 Å². The third-order valence-corrected chi connectivity index (χ3v) is 6.77. The van der Waals surface area contributed by atoms with Crippen molar-refractivity contribution in [2.75, 3.05) is 25.6 Å². The molecule has 11 heteroatoms. The van der Waals surface area contributed by atoms with Crippen LogP contribution in [0.5, 0.6) is 0 Å². The quantitative estimate of drug-likeness (QED) is 0.343. The molecular weight excluding hydrogens is 438 g/mol. The Morgan fingerprint density at radius 3 is 2.79 bits per heavy atom. The molecule has 0 radical (unpaired) electrons. The van der Waals surface area contributed by atoms with E-state index in [1.54, 1.807) is 17.8 Å². The van der Waals surface area contributed by atoms with Crippen LogP contribution < -0.4 is 10.6 Å². The molecule has 11 nitrogen and oxygen atoms in total. The number of aliphatic hydroxyl groups is 2. The number of pyridine rings is 1. The standard InChI is InChI=1S/C23H25N7O4/c1-24-20-7-16(27-22-13(8-26-30(20)22)23(33)28-15-4-5-18(15)31)14-9-29(17-10-34-11-19(17)32)21-12(14)3-2-6-25-21/h2-3,6-9,15,17-19,24,31-32H,4-5,10-11H2,1H3,(H,28,33)/t15?,17-,18+,19-/m0/s1. The smallest absolute Gasteiger partial charge is 0.257 e. The summed E-state index contributed by atoms with van der Waals surface area (Å²) in [5.41, 5.74) is 2.93. The summed E-state index contributed by atoms with van der Waals surface area (Å²) < 4.78 is 8.99. The van der Waals surface area contributed by atoms with Gasteiger partial charge >= 0.3 is 0 Å². The van der Waals surface area contributed by atoms with Crippen LogP contribution in [0, 0.1) is 0 Å². The summed E-state index contributed by atoms with van der Waals surface area (Å²) in [5, 5.41) is 31.5. The van der Waals surface area contributed by atoms with E-state index in [4.69, 9.17) is 9.72 Å². The number of amides is 1. The molecule has 1 unspecified atom stereocenters. The first-order valence-corrected chi connectivity index (χ1v) is 11.3. The Bertz CT molecular complexity index is 1400. The van der Waals surface area contributed by atoms with E-state index in [1.165, 1.54) is 6.20 Å². The molecule has 0 bridgehead atoms. The van der Waals surface area contributed by atoms with Crippen LogP contribution in [0.25, 0.3) is 27.9 Å². The highest BCUT2D eigenvalue weighted by Gasteiger charge is 2.32. The Morgan fingerprint density at radius 1 is 1.21 bits per heavy atom. The van der Waals surface area contributed by atoms with Crippen molar-refractivity contribution in [3.63, 3.8) is 0 Å². The number of anilines is 1. The summed E-state index contributed by atoms with van der Waals surface area (Å²) in [5.74, 6) is 0.345. The number of nitrogens with one attached hydrogen (secondary N) is 2. The van der Waals surface area contributed by atoms with E-state index in [9.17, 15) is 15.0 Å². The highest BCUT2D eigenvalue weighted by molar-refractivity contribution is 6.01. The normalized spacial score (nSPS) is 24.4. The van der Waals surface area contributed by atoms with Crippen molar-refractivity contribution < 1.29 is 19.7 Å². The van der Waals surface area contributed by atoms with Crippen LogP contribution in [0.4, 0.5) is 5.82 Å². The van der Waals surface area contributed by atoms with Crippen LogP contribution in [0.1, 0.15) is 29.2 Å². The highest BCUT2D eigenvalue weighted by atomic mass is 16.5. The van der Waals surface area contributed by atoms with Gasteiger partial charge in [-0.2, -0.15) is 9.61 Å². The van der Waals surface area contributed by atoms with Gasteiger partial charge in [0, 0.05) is 36.5 Å². The second-order valence-corrected chi connectivity index (χ2v) is 8.79. The molecule has 1 aliphatic carbocycles. The number of rotatable bonds is 5. The topological polar surface area (TPSA) is 139 Å². The maximum Gasteiger partial charge on any atom is 0.257 e. The van der Waals surface area contributed by atoms with E-state index >= 15 is 0 Å². The summed E-state index contributed by atoms with van der Waals surface area (Å²) in [4.78, 5) is 22.3. The molecule has 34 heavy (non-hydrogen) atoms. The molecule has 0 spiro atoms. The van der Waals surface area contributed by atoms with E-state index in [-0.39, 0.29) is 24.6 Å². The lowest BCUT2D eigenvalue weighted by atomic mass is 9.89. The number of aliphatic hydroxyl groups excluding tert-OH is 2. The molecule has 1 amide bonds. The van der Waals surface area contributed by atoms with Crippen molar-refractivity contribution in [3.05, 3.63) is 42.4 Å². The first-order valence-electron chi connectivity index (χ1n) is 11.3. The van der Waals surface area contributed by atoms with Crippen LogP contribution in [-0.2, 0) is 4.74 Å². The molecule has 1 saturated heterocycles. The number of fused-ring (bicyclic) bond motifs is 2. The summed E-state index contributed by atoms with van der Waals surface area (Å²) in [6, 6.07) is 5.19. The first-order chi connectivity index (χ1) is 16.5. The van der Waals surface area contributed by atoms with Crippen molar-refractivity contribution in [3.8, 4) is 11.3 Å². The van der Waals surface area contributed by atoms with Gasteiger partial charge in [-0.1, -0.05) is 0 Å². The van der Waals surface area contributed by atoms with Crippen LogP contribution in [0.3, 0.4) is 0 Å². The molecule has 4 atom stereocenters. The molecular formula is C23H25N7O4. The van der Waals surface area contributed by atoms with Gasteiger partial charge in [-0.25, -0.2) is 9.97 Å². The Hall–Kier alpha value is -3.54. The average molecular weight is 463 g/mol. The van der Waals surface area contributed by atoms with Gasteiger partial charge in [-0.15, -0.1) is 0 Å². The van der Waals surface area contributed by atoms with E-state index in [0.717, 1.165) is 23.0 Å². The minimum absolute atomic E-state index is 0.246. The molecule has 4 N–H and O–H groups in total. The summed E-state index contributed by atoms with van der Waals surface area (Å²) >= 11 is 0. The molecule has 176 valence electrons. The van der Waals surface area contributed by atoms with E-state index < -0.39 is 12.2 Å². The fourth-order valence-electron chi connectivity index (χ4n) is 4.67. The molecule has 4 aromatic rings. The summed E-state index contributed by atoms with van der Waals surface area (Å²) in [6.07, 6.45) is 5.43. The molecule has 4 aromatic heterocycles. The predicted molar refractivity (Wildman–Crippen MR) is 124 cm³/mol. The molecule has 0 aromatic carbocycles. The largest absolute Gasteiger partial charge is 0.391 e. The van der Waals surface area contributed by atoms with E-state index in [0.29, 0.717) is 35.8 Å². The van der Waals surface area contributed by atoms with E-state index in [1.807, 2.05) is 29.0 Å². The number of nitrogens with zero attached hydrogens (tertiary/aromatic N) is 5. The maximum atomic E-state index is 13.0. The number of hydrogen-bond acceptors (Lipinski definition) is 8. The third-order valence-electron chi connectivity index (χ3n) is 6.77. The molecule has 2 aliphatic rings. The molecule has 2 fully saturated rings. The first kappa shape index (κ1) is 21.0. The zero-order chi connectivity index (χ0) is 23.4. The minimum atomic E-state index is -0.624. The molecule has 6 rings (SSSR count). The number of hydrogen-bond donors (Lipinski definition) is 4. The lowest BCUT2D eigenvalue weighted by molar-refractivity contribution is 0.0448. The van der Waals surface area contributed by atoms with Gasteiger partial charge in [0.15, 0.2) is 5.65 Å². The van der Waals surface area contributed by atoms with Crippen LogP contribution in [-0.4, -0.2) is 78.8 Å². The SMILES string of the molecule is CNc1cc(-c2cn([C@H]3COC[C@@H]3O)c3ncccc23)nc2c(C(=O)NC3CC[C@H]3O)cnn12.